The molecular weight excluding hydrogens is 276 g/mol. The number of hydrogen-bond acceptors (Lipinski definition) is 6. The van der Waals surface area contributed by atoms with E-state index in [0.717, 1.165) is 6.42 Å². The normalized spacial score (nSPS) is 10.0. The fourth-order valence-electron chi connectivity index (χ4n) is 1.96. The van der Waals surface area contributed by atoms with Crippen molar-refractivity contribution in [2.24, 2.45) is 0 Å². The lowest BCUT2D eigenvalue weighted by atomic mass is 10.2. The van der Waals surface area contributed by atoms with Gasteiger partial charge < -0.3 is 14.4 Å². The Morgan fingerprint density at radius 2 is 2.10 bits per heavy atom. The van der Waals surface area contributed by atoms with Crippen LogP contribution >= 0.6 is 0 Å². The predicted molar refractivity (Wildman–Crippen MR) is 78.8 cm³/mol. The van der Waals surface area contributed by atoms with Crippen LogP contribution in [-0.2, 0) is 9.53 Å². The molecule has 0 saturated heterocycles. The highest BCUT2D eigenvalue weighted by atomic mass is 16.6. The van der Waals surface area contributed by atoms with Crippen LogP contribution in [0.3, 0.4) is 0 Å². The van der Waals surface area contributed by atoms with Crippen LogP contribution in [0.4, 0.5) is 11.4 Å². The Balaban J connectivity index is 3.11. The average molecular weight is 296 g/mol. The first kappa shape index (κ1) is 16.7. The number of carbonyl (C=O) groups excluding carboxylic acids is 1. The van der Waals surface area contributed by atoms with Crippen molar-refractivity contribution >= 4 is 17.3 Å². The van der Waals surface area contributed by atoms with E-state index in [4.69, 9.17) is 9.47 Å². The topological polar surface area (TPSA) is 81.9 Å². The zero-order valence-corrected chi connectivity index (χ0v) is 12.5. The third kappa shape index (κ3) is 4.62. The van der Waals surface area contributed by atoms with Gasteiger partial charge in [0.2, 0.25) is 0 Å². The van der Waals surface area contributed by atoms with Crippen molar-refractivity contribution in [3.8, 4) is 5.75 Å². The number of ether oxygens (including phenoxy) is 2. The summed E-state index contributed by atoms with van der Waals surface area (Å²) in [7, 11) is 1.45. The molecule has 0 aliphatic rings. The van der Waals surface area contributed by atoms with Gasteiger partial charge in [-0.25, -0.2) is 0 Å². The van der Waals surface area contributed by atoms with Crippen LogP contribution in [-0.4, -0.2) is 37.7 Å². The molecule has 0 N–H and O–H groups in total. The van der Waals surface area contributed by atoms with Gasteiger partial charge in [0.05, 0.1) is 24.7 Å². The van der Waals surface area contributed by atoms with Gasteiger partial charge in [0, 0.05) is 6.54 Å². The average Bonchev–Trinajstić information content (AvgIpc) is 2.46. The van der Waals surface area contributed by atoms with Gasteiger partial charge in [0.15, 0.2) is 0 Å². The van der Waals surface area contributed by atoms with Crippen LogP contribution in [0.1, 0.15) is 20.3 Å². The molecular formula is C14H20N2O5. The molecule has 1 rings (SSSR count). The van der Waals surface area contributed by atoms with E-state index in [1.165, 1.54) is 13.2 Å². The second-order valence-electron chi connectivity index (χ2n) is 4.34. The lowest BCUT2D eigenvalue weighted by Gasteiger charge is -2.23. The van der Waals surface area contributed by atoms with E-state index < -0.39 is 10.9 Å². The molecule has 0 saturated carbocycles. The number of esters is 1. The second-order valence-corrected chi connectivity index (χ2v) is 4.34. The van der Waals surface area contributed by atoms with E-state index in [-0.39, 0.29) is 18.8 Å². The summed E-state index contributed by atoms with van der Waals surface area (Å²) in [5.74, 6) is -0.00546. The van der Waals surface area contributed by atoms with Crippen LogP contribution in [0.25, 0.3) is 0 Å². The van der Waals surface area contributed by atoms with Crippen molar-refractivity contribution in [3.63, 3.8) is 0 Å². The molecule has 0 aromatic heterocycles. The van der Waals surface area contributed by atoms with Gasteiger partial charge in [-0.15, -0.1) is 0 Å². The van der Waals surface area contributed by atoms with E-state index in [9.17, 15) is 14.9 Å². The molecule has 1 aromatic carbocycles. The minimum Gasteiger partial charge on any atom is -0.496 e. The summed E-state index contributed by atoms with van der Waals surface area (Å²) in [6, 6.07) is 4.57. The maximum Gasteiger partial charge on any atom is 0.325 e. The third-order valence-electron chi connectivity index (χ3n) is 2.84. The van der Waals surface area contributed by atoms with Crippen LogP contribution in [0, 0.1) is 10.1 Å². The summed E-state index contributed by atoms with van der Waals surface area (Å²) < 4.78 is 9.92. The van der Waals surface area contributed by atoms with Crippen LogP contribution in [0.15, 0.2) is 18.2 Å². The lowest BCUT2D eigenvalue weighted by Crippen LogP contribution is -2.32. The maximum atomic E-state index is 11.6. The largest absolute Gasteiger partial charge is 0.496 e. The van der Waals surface area contributed by atoms with Gasteiger partial charge in [-0.2, -0.15) is 0 Å². The molecule has 0 aliphatic carbocycles. The fourth-order valence-corrected chi connectivity index (χ4v) is 1.96. The highest BCUT2D eigenvalue weighted by Crippen LogP contribution is 2.32. The third-order valence-corrected chi connectivity index (χ3v) is 2.84. The Morgan fingerprint density at radius 3 is 2.62 bits per heavy atom. The fraction of sp³-hybridized carbons (Fsp3) is 0.500. The van der Waals surface area contributed by atoms with Crippen LogP contribution in [0.2, 0.25) is 0 Å². The number of carbonyl (C=O) groups is 1. The van der Waals surface area contributed by atoms with E-state index in [1.807, 2.05) is 6.92 Å². The first-order chi connectivity index (χ1) is 10.0. The molecule has 1 aromatic rings. The minimum absolute atomic E-state index is 0.0190. The molecule has 7 nitrogen and oxygen atoms in total. The van der Waals surface area contributed by atoms with Crippen molar-refractivity contribution < 1.29 is 19.2 Å². The highest BCUT2D eigenvalue weighted by molar-refractivity contribution is 5.78. The van der Waals surface area contributed by atoms with Gasteiger partial charge >= 0.3 is 5.97 Å². The van der Waals surface area contributed by atoms with Gasteiger partial charge in [-0.1, -0.05) is 6.92 Å². The summed E-state index contributed by atoms with van der Waals surface area (Å²) >= 11 is 0. The SMILES string of the molecule is CCCN(CC(=O)OCC)c1ccc(OC)cc1[N+](=O)[O-]. The zero-order chi connectivity index (χ0) is 15.8. The molecule has 0 unspecified atom stereocenters. The van der Waals surface area contributed by atoms with Crippen LogP contribution in [0.5, 0.6) is 5.75 Å². The number of methoxy groups -OCH3 is 1. The Labute approximate surface area is 123 Å². The van der Waals surface area contributed by atoms with Gasteiger partial charge in [0.1, 0.15) is 18.0 Å². The second kappa shape index (κ2) is 8.08. The lowest BCUT2D eigenvalue weighted by molar-refractivity contribution is -0.384. The number of hydrogen-bond donors (Lipinski definition) is 0. The summed E-state index contributed by atoms with van der Waals surface area (Å²) in [4.78, 5) is 24.0. The van der Waals surface area contributed by atoms with Gasteiger partial charge in [-0.3, -0.25) is 14.9 Å². The number of benzene rings is 1. The molecule has 7 heteroatoms. The predicted octanol–water partition coefficient (Wildman–Crippen LogP) is 2.38. The smallest absolute Gasteiger partial charge is 0.325 e. The van der Waals surface area contributed by atoms with E-state index in [1.54, 1.807) is 24.0 Å². The van der Waals surface area contributed by atoms with E-state index in [0.29, 0.717) is 18.0 Å². The highest BCUT2D eigenvalue weighted by Gasteiger charge is 2.22. The first-order valence-electron chi connectivity index (χ1n) is 6.76. The molecule has 0 amide bonds. The summed E-state index contributed by atoms with van der Waals surface area (Å²) in [5, 5.41) is 11.2. The number of nitro groups is 1. The Morgan fingerprint density at radius 1 is 1.38 bits per heavy atom. The number of rotatable bonds is 8. The molecule has 0 bridgehead atoms. The van der Waals surface area contributed by atoms with Crippen molar-refractivity contribution in [3.05, 3.63) is 28.3 Å². The van der Waals surface area contributed by atoms with E-state index >= 15 is 0 Å². The van der Waals surface area contributed by atoms with Crippen molar-refractivity contribution in [2.75, 3.05) is 31.7 Å². The molecule has 21 heavy (non-hydrogen) atoms. The van der Waals surface area contributed by atoms with Crippen LogP contribution < -0.4 is 9.64 Å². The Hall–Kier alpha value is -2.31. The molecule has 0 spiro atoms. The molecule has 116 valence electrons. The number of nitro benzene ring substituents is 1. The van der Waals surface area contributed by atoms with Gasteiger partial charge in [-0.05, 0) is 25.5 Å². The molecule has 0 heterocycles. The molecule has 0 fully saturated rings. The Bertz CT molecular complexity index is 504. The Kier molecular flexibility index (Phi) is 6.45. The standard InChI is InChI=1S/C14H20N2O5/c1-4-8-15(10-14(17)21-5-2)12-7-6-11(20-3)9-13(12)16(18)19/h6-7,9H,4-5,8,10H2,1-3H3. The molecule has 0 atom stereocenters. The van der Waals surface area contributed by atoms with E-state index in [2.05, 4.69) is 0 Å². The molecule has 0 radical (unpaired) electrons. The monoisotopic (exact) mass is 296 g/mol. The molecule has 0 aliphatic heterocycles. The maximum absolute atomic E-state index is 11.6. The quantitative estimate of drug-likeness (QED) is 0.416. The summed E-state index contributed by atoms with van der Waals surface area (Å²) in [5.41, 5.74) is 0.294. The number of anilines is 1. The zero-order valence-electron chi connectivity index (χ0n) is 12.5. The van der Waals surface area contributed by atoms with Crippen molar-refractivity contribution in [2.45, 2.75) is 20.3 Å². The minimum atomic E-state index is -0.480. The van der Waals surface area contributed by atoms with Gasteiger partial charge in [0.25, 0.3) is 5.69 Å². The van der Waals surface area contributed by atoms with Crippen molar-refractivity contribution in [1.29, 1.82) is 0 Å². The van der Waals surface area contributed by atoms with Crippen molar-refractivity contribution in [1.82, 2.24) is 0 Å². The summed E-state index contributed by atoms with van der Waals surface area (Å²) in [6.45, 7) is 4.44. The number of nitrogens with zero attached hydrogens (tertiary/aromatic N) is 2. The first-order valence-corrected chi connectivity index (χ1v) is 6.76. The summed E-state index contributed by atoms with van der Waals surface area (Å²) in [6.07, 6.45) is 0.753.